The second-order valence-corrected chi connectivity index (χ2v) is 9.35. The van der Waals surface area contributed by atoms with Gasteiger partial charge in [-0.3, -0.25) is 4.90 Å². The van der Waals surface area contributed by atoms with Crippen LogP contribution in [0.3, 0.4) is 0 Å². The number of fused-ring (bicyclic) bond motifs is 4. The molecule has 0 aliphatic carbocycles. The molecule has 0 unspecified atom stereocenters. The summed E-state index contributed by atoms with van der Waals surface area (Å²) in [4.78, 5) is 13.6. The van der Waals surface area contributed by atoms with E-state index in [9.17, 15) is 4.79 Å². The molecule has 3 aliphatic heterocycles. The van der Waals surface area contributed by atoms with Gasteiger partial charge in [-0.05, 0) is 50.5 Å². The Morgan fingerprint density at radius 1 is 1.23 bits per heavy atom. The minimum atomic E-state index is -0.893. The van der Waals surface area contributed by atoms with Crippen LogP contribution >= 0.6 is 0 Å². The third kappa shape index (κ3) is 3.48. The standard InChI is InChI=1S/C25H29NO5/c1-25(2)18-13-19-20(30-22(18)17-5-4-6-21(29-3)23(17)31-25)11-12-26(19)14-15-7-9-16(10-8-15)24(27)28/h4-10,18-20,22H,11-14H2,1-3H3,(H,27,28)/t18-,19+,20-,22+/m0/s1. The Kier molecular flexibility index (Phi) is 4.94. The van der Waals surface area contributed by atoms with E-state index in [1.54, 1.807) is 19.2 Å². The molecule has 164 valence electrons. The molecule has 2 saturated heterocycles. The van der Waals surface area contributed by atoms with Crippen LogP contribution in [0.4, 0.5) is 0 Å². The lowest BCUT2D eigenvalue weighted by Gasteiger charge is -2.51. The van der Waals surface area contributed by atoms with Crippen LogP contribution in [0, 0.1) is 5.92 Å². The molecular formula is C25H29NO5. The monoisotopic (exact) mass is 423 g/mol. The van der Waals surface area contributed by atoms with Gasteiger partial charge in [-0.25, -0.2) is 4.79 Å². The van der Waals surface area contributed by atoms with Crippen LogP contribution in [-0.2, 0) is 11.3 Å². The lowest BCUT2D eigenvalue weighted by molar-refractivity contribution is -0.163. The zero-order valence-electron chi connectivity index (χ0n) is 18.2. The minimum Gasteiger partial charge on any atom is -0.493 e. The van der Waals surface area contributed by atoms with E-state index < -0.39 is 5.97 Å². The highest BCUT2D eigenvalue weighted by atomic mass is 16.5. The summed E-state index contributed by atoms with van der Waals surface area (Å²) in [5.74, 6) is 0.912. The normalized spacial score (nSPS) is 28.7. The molecule has 4 atom stereocenters. The topological polar surface area (TPSA) is 68.2 Å². The summed E-state index contributed by atoms with van der Waals surface area (Å²) in [6, 6.07) is 13.6. The molecule has 6 nitrogen and oxygen atoms in total. The highest BCUT2D eigenvalue weighted by Gasteiger charge is 2.53. The van der Waals surface area contributed by atoms with Gasteiger partial charge < -0.3 is 19.3 Å². The van der Waals surface area contributed by atoms with Gasteiger partial charge in [0.2, 0.25) is 0 Å². The molecule has 0 saturated carbocycles. The maximum atomic E-state index is 11.1. The van der Waals surface area contributed by atoms with Crippen molar-refractivity contribution in [3.63, 3.8) is 0 Å². The SMILES string of the molecule is COc1cccc2c1OC(C)(C)[C@H]1C[C@@H]3[C@H](CCN3Cc3ccc(C(=O)O)cc3)O[C@H]21. The Hall–Kier alpha value is -2.57. The van der Waals surface area contributed by atoms with Crippen molar-refractivity contribution >= 4 is 5.97 Å². The van der Waals surface area contributed by atoms with Gasteiger partial charge in [-0.2, -0.15) is 0 Å². The van der Waals surface area contributed by atoms with Gasteiger partial charge in [0.15, 0.2) is 11.5 Å². The summed E-state index contributed by atoms with van der Waals surface area (Å²) >= 11 is 0. The molecule has 6 heteroatoms. The third-order valence-electron chi connectivity index (χ3n) is 7.16. The van der Waals surface area contributed by atoms with Gasteiger partial charge in [-0.15, -0.1) is 0 Å². The van der Waals surface area contributed by atoms with Gasteiger partial charge in [0, 0.05) is 30.6 Å². The van der Waals surface area contributed by atoms with Gasteiger partial charge in [0.05, 0.1) is 24.9 Å². The predicted molar refractivity (Wildman–Crippen MR) is 116 cm³/mol. The number of benzene rings is 2. The quantitative estimate of drug-likeness (QED) is 0.792. The lowest BCUT2D eigenvalue weighted by atomic mass is 9.74. The average molecular weight is 424 g/mol. The van der Waals surface area contributed by atoms with Crippen molar-refractivity contribution in [1.29, 1.82) is 0 Å². The fourth-order valence-electron chi connectivity index (χ4n) is 5.50. The maximum absolute atomic E-state index is 11.1. The van der Waals surface area contributed by atoms with Crippen LogP contribution in [0.2, 0.25) is 0 Å². The number of ether oxygens (including phenoxy) is 3. The predicted octanol–water partition coefficient (Wildman–Crippen LogP) is 4.29. The second kappa shape index (κ2) is 7.53. The van der Waals surface area contributed by atoms with Crippen molar-refractivity contribution in [2.75, 3.05) is 13.7 Å². The molecule has 0 aromatic heterocycles. The summed E-state index contributed by atoms with van der Waals surface area (Å²) in [7, 11) is 1.67. The average Bonchev–Trinajstić information content (AvgIpc) is 3.14. The van der Waals surface area contributed by atoms with Crippen LogP contribution in [0.25, 0.3) is 0 Å². The largest absolute Gasteiger partial charge is 0.493 e. The number of hydrogen-bond acceptors (Lipinski definition) is 5. The van der Waals surface area contributed by atoms with Gasteiger partial charge in [-0.1, -0.05) is 24.3 Å². The molecule has 3 aliphatic rings. The Balaban J connectivity index is 1.38. The summed E-state index contributed by atoms with van der Waals surface area (Å²) in [5, 5.41) is 9.13. The number of carboxylic acids is 1. The Labute approximate surface area is 182 Å². The van der Waals surface area contributed by atoms with E-state index in [0.29, 0.717) is 11.6 Å². The molecule has 0 amide bonds. The molecule has 2 aromatic rings. The number of para-hydroxylation sites is 1. The minimum absolute atomic E-state index is 0.00454. The number of carboxylic acid groups (broad SMARTS) is 1. The molecule has 31 heavy (non-hydrogen) atoms. The summed E-state index contributed by atoms with van der Waals surface area (Å²) < 4.78 is 18.8. The summed E-state index contributed by atoms with van der Waals surface area (Å²) in [6.07, 6.45) is 2.20. The van der Waals surface area contributed by atoms with Crippen molar-refractivity contribution in [1.82, 2.24) is 4.90 Å². The zero-order valence-corrected chi connectivity index (χ0v) is 18.2. The number of methoxy groups -OCH3 is 1. The maximum Gasteiger partial charge on any atom is 0.335 e. The number of rotatable bonds is 4. The van der Waals surface area contributed by atoms with E-state index in [1.807, 2.05) is 24.3 Å². The van der Waals surface area contributed by atoms with Crippen molar-refractivity contribution < 1.29 is 24.1 Å². The van der Waals surface area contributed by atoms with Gasteiger partial charge in [0.1, 0.15) is 5.60 Å². The lowest BCUT2D eigenvalue weighted by Crippen LogP contribution is -2.53. The van der Waals surface area contributed by atoms with Crippen LogP contribution < -0.4 is 9.47 Å². The highest BCUT2D eigenvalue weighted by molar-refractivity contribution is 5.87. The number of likely N-dealkylation sites (tertiary alicyclic amines) is 1. The van der Waals surface area contributed by atoms with Crippen molar-refractivity contribution in [3.8, 4) is 11.5 Å². The van der Waals surface area contributed by atoms with Crippen LogP contribution in [-0.4, -0.2) is 47.4 Å². The fraction of sp³-hybridized carbons (Fsp3) is 0.480. The van der Waals surface area contributed by atoms with Gasteiger partial charge >= 0.3 is 5.97 Å². The van der Waals surface area contributed by atoms with Crippen molar-refractivity contribution in [2.24, 2.45) is 5.92 Å². The third-order valence-corrected chi connectivity index (χ3v) is 7.16. The zero-order chi connectivity index (χ0) is 21.8. The number of aromatic carboxylic acids is 1. The molecule has 1 N–H and O–H groups in total. The van der Waals surface area contributed by atoms with Crippen LogP contribution in [0.5, 0.6) is 11.5 Å². The van der Waals surface area contributed by atoms with E-state index in [1.165, 1.54) is 0 Å². The summed E-state index contributed by atoms with van der Waals surface area (Å²) in [5.41, 5.74) is 2.17. The van der Waals surface area contributed by atoms with E-state index in [0.717, 1.165) is 48.6 Å². The van der Waals surface area contributed by atoms with E-state index in [-0.39, 0.29) is 23.7 Å². The molecular weight excluding hydrogens is 394 g/mol. The molecule has 0 bridgehead atoms. The number of nitrogens with zero attached hydrogens (tertiary/aromatic N) is 1. The number of hydrogen-bond donors (Lipinski definition) is 1. The Morgan fingerprint density at radius 2 is 2.00 bits per heavy atom. The molecule has 3 heterocycles. The molecule has 2 aromatic carbocycles. The first-order chi connectivity index (χ1) is 14.9. The first-order valence-corrected chi connectivity index (χ1v) is 10.9. The van der Waals surface area contributed by atoms with Gasteiger partial charge in [0.25, 0.3) is 0 Å². The molecule has 2 fully saturated rings. The van der Waals surface area contributed by atoms with E-state index in [2.05, 4.69) is 24.8 Å². The first-order valence-electron chi connectivity index (χ1n) is 10.9. The van der Waals surface area contributed by atoms with Crippen LogP contribution in [0.15, 0.2) is 42.5 Å². The number of carbonyl (C=O) groups is 1. The molecule has 5 rings (SSSR count). The van der Waals surface area contributed by atoms with Crippen molar-refractivity contribution in [3.05, 3.63) is 59.2 Å². The molecule has 0 radical (unpaired) electrons. The molecule has 0 spiro atoms. The summed E-state index contributed by atoms with van der Waals surface area (Å²) in [6.45, 7) is 6.07. The second-order valence-electron chi connectivity index (χ2n) is 9.35. The smallest absolute Gasteiger partial charge is 0.335 e. The van der Waals surface area contributed by atoms with E-state index in [4.69, 9.17) is 19.3 Å². The first kappa shape index (κ1) is 20.3. The highest BCUT2D eigenvalue weighted by Crippen LogP contribution is 2.54. The Bertz CT molecular complexity index is 986. The van der Waals surface area contributed by atoms with Crippen LogP contribution in [0.1, 0.15) is 54.3 Å². The van der Waals surface area contributed by atoms with E-state index >= 15 is 0 Å². The fourth-order valence-corrected chi connectivity index (χ4v) is 5.50. The Morgan fingerprint density at radius 3 is 2.71 bits per heavy atom. The van der Waals surface area contributed by atoms with Crippen molar-refractivity contribution in [2.45, 2.75) is 57.1 Å².